The molecule has 5 rings (SSSR count). The molecule has 0 saturated carbocycles. The second kappa shape index (κ2) is 16.6. The number of para-hydroxylation sites is 1. The van der Waals surface area contributed by atoms with Crippen molar-refractivity contribution in [3.8, 4) is 22.8 Å². The van der Waals surface area contributed by atoms with Gasteiger partial charge in [0.2, 0.25) is 5.91 Å². The Balaban J connectivity index is 1.31. The van der Waals surface area contributed by atoms with Crippen LogP contribution in [-0.4, -0.2) is 42.2 Å². The second-order valence-electron chi connectivity index (χ2n) is 10.5. The van der Waals surface area contributed by atoms with E-state index in [-0.39, 0.29) is 17.4 Å². The van der Waals surface area contributed by atoms with Crippen LogP contribution in [0.1, 0.15) is 29.3 Å². The molecule has 5 aromatic rings. The molecule has 3 amide bonds. The van der Waals surface area contributed by atoms with Crippen molar-refractivity contribution in [2.75, 3.05) is 24.9 Å². The SMILES string of the molecule is CCC(Sc1cccc(NC(=O)/C(=C\c2cccc(OC)c2OC)NC(=O)c2ccccc2)c1)C(=O)Nc1nc(-c2ccc(F)cc2)cs1. The van der Waals surface area contributed by atoms with Gasteiger partial charge in [0, 0.05) is 32.7 Å². The molecule has 1 unspecified atom stereocenters. The Hall–Kier alpha value is -5.46. The van der Waals surface area contributed by atoms with Gasteiger partial charge in [0.25, 0.3) is 11.8 Å². The maximum absolute atomic E-state index is 13.7. The first-order chi connectivity index (χ1) is 23.8. The number of nitrogens with one attached hydrogen (secondary N) is 3. The number of hydrogen-bond donors (Lipinski definition) is 3. The Morgan fingerprint density at radius 3 is 2.39 bits per heavy atom. The lowest BCUT2D eigenvalue weighted by molar-refractivity contribution is -0.116. The number of carbonyl (C=O) groups is 3. The molecule has 1 aromatic heterocycles. The summed E-state index contributed by atoms with van der Waals surface area (Å²) in [5.41, 5.74) is 2.73. The Bertz CT molecular complexity index is 1970. The van der Waals surface area contributed by atoms with Crippen LogP contribution in [0.3, 0.4) is 0 Å². The highest BCUT2D eigenvalue weighted by Crippen LogP contribution is 2.33. The van der Waals surface area contributed by atoms with Gasteiger partial charge in [0.15, 0.2) is 16.6 Å². The number of methoxy groups -OCH3 is 2. The maximum atomic E-state index is 13.7. The molecule has 9 nitrogen and oxygen atoms in total. The number of amides is 3. The summed E-state index contributed by atoms with van der Waals surface area (Å²) in [5.74, 6) is -0.719. The average Bonchev–Trinajstić information content (AvgIpc) is 3.59. The van der Waals surface area contributed by atoms with Crippen LogP contribution in [-0.2, 0) is 9.59 Å². The van der Waals surface area contributed by atoms with Gasteiger partial charge in [-0.25, -0.2) is 9.37 Å². The van der Waals surface area contributed by atoms with Crippen LogP contribution < -0.4 is 25.4 Å². The molecule has 250 valence electrons. The van der Waals surface area contributed by atoms with Gasteiger partial charge < -0.3 is 25.4 Å². The van der Waals surface area contributed by atoms with E-state index in [0.29, 0.717) is 45.6 Å². The van der Waals surface area contributed by atoms with Crippen LogP contribution in [0.2, 0.25) is 0 Å². The van der Waals surface area contributed by atoms with E-state index in [9.17, 15) is 18.8 Å². The lowest BCUT2D eigenvalue weighted by atomic mass is 10.1. The number of aromatic nitrogens is 1. The zero-order valence-electron chi connectivity index (χ0n) is 26.9. The molecule has 0 aliphatic rings. The summed E-state index contributed by atoms with van der Waals surface area (Å²) in [6, 6.07) is 26.9. The van der Waals surface area contributed by atoms with Crippen LogP contribution in [0.25, 0.3) is 17.3 Å². The number of thiazole rings is 1. The van der Waals surface area contributed by atoms with E-state index >= 15 is 0 Å². The number of halogens is 1. The van der Waals surface area contributed by atoms with Gasteiger partial charge >= 0.3 is 0 Å². The van der Waals surface area contributed by atoms with E-state index in [2.05, 4.69) is 20.9 Å². The summed E-state index contributed by atoms with van der Waals surface area (Å²) in [5, 5.41) is 10.3. The van der Waals surface area contributed by atoms with E-state index in [1.54, 1.807) is 84.2 Å². The molecule has 0 bridgehead atoms. The van der Waals surface area contributed by atoms with E-state index in [4.69, 9.17) is 9.47 Å². The highest BCUT2D eigenvalue weighted by Gasteiger charge is 2.21. The van der Waals surface area contributed by atoms with E-state index in [1.807, 2.05) is 13.0 Å². The monoisotopic (exact) mass is 696 g/mol. The van der Waals surface area contributed by atoms with Gasteiger partial charge in [-0.15, -0.1) is 23.1 Å². The summed E-state index contributed by atoms with van der Waals surface area (Å²) >= 11 is 2.63. The maximum Gasteiger partial charge on any atom is 0.272 e. The standard InChI is InChI=1S/C37H33FN4O5S2/c1-4-32(36(45)42-37-41-30(22-48-37)23-16-18-26(38)19-17-23)49-28-14-9-13-27(21-28)39-35(44)29(40-34(43)24-10-6-5-7-11-24)20-25-12-8-15-31(46-2)33(25)47-3/h5-22,32H,4H2,1-3H3,(H,39,44)(H,40,43)(H,41,42,45)/b29-20+. The first-order valence-electron chi connectivity index (χ1n) is 15.2. The third-order valence-corrected chi connectivity index (χ3v) is 9.29. The topological polar surface area (TPSA) is 119 Å². The number of rotatable bonds is 13. The summed E-state index contributed by atoms with van der Waals surface area (Å²) in [6.45, 7) is 1.91. The van der Waals surface area contributed by atoms with Crippen LogP contribution in [0, 0.1) is 5.82 Å². The molecule has 0 radical (unpaired) electrons. The molecular formula is C37H33FN4O5S2. The van der Waals surface area contributed by atoms with Crippen molar-refractivity contribution in [2.24, 2.45) is 0 Å². The molecule has 12 heteroatoms. The fraction of sp³-hybridized carbons (Fsp3) is 0.135. The fourth-order valence-electron chi connectivity index (χ4n) is 4.73. The first kappa shape index (κ1) is 34.9. The lowest BCUT2D eigenvalue weighted by Gasteiger charge is -2.15. The molecule has 3 N–H and O–H groups in total. The van der Waals surface area contributed by atoms with Crippen molar-refractivity contribution in [3.05, 3.63) is 125 Å². The predicted molar refractivity (Wildman–Crippen MR) is 193 cm³/mol. The smallest absolute Gasteiger partial charge is 0.272 e. The van der Waals surface area contributed by atoms with Crippen molar-refractivity contribution < 1.29 is 28.2 Å². The van der Waals surface area contributed by atoms with E-state index in [1.165, 1.54) is 55.5 Å². The third kappa shape index (κ3) is 9.12. The number of benzene rings is 4. The normalized spacial score (nSPS) is 11.7. The van der Waals surface area contributed by atoms with Crippen LogP contribution in [0.4, 0.5) is 15.2 Å². The van der Waals surface area contributed by atoms with Gasteiger partial charge in [0.05, 0.1) is 25.2 Å². The van der Waals surface area contributed by atoms with Crippen LogP contribution in [0.15, 0.2) is 113 Å². The molecule has 0 saturated heterocycles. The molecule has 1 heterocycles. The third-order valence-electron chi connectivity index (χ3n) is 7.17. The molecule has 1 atom stereocenters. The Morgan fingerprint density at radius 2 is 1.67 bits per heavy atom. The largest absolute Gasteiger partial charge is 0.493 e. The minimum Gasteiger partial charge on any atom is -0.493 e. The van der Waals surface area contributed by atoms with Gasteiger partial charge in [-0.3, -0.25) is 14.4 Å². The molecule has 49 heavy (non-hydrogen) atoms. The number of hydrogen-bond acceptors (Lipinski definition) is 8. The second-order valence-corrected chi connectivity index (χ2v) is 12.6. The zero-order valence-corrected chi connectivity index (χ0v) is 28.5. The first-order valence-corrected chi connectivity index (χ1v) is 16.9. The molecule has 0 aliphatic heterocycles. The molecule has 0 fully saturated rings. The van der Waals surface area contributed by atoms with Crippen molar-refractivity contribution in [3.63, 3.8) is 0 Å². The summed E-state index contributed by atoms with van der Waals surface area (Å²) < 4.78 is 24.3. The average molecular weight is 697 g/mol. The van der Waals surface area contributed by atoms with Gasteiger partial charge in [-0.1, -0.05) is 43.3 Å². The predicted octanol–water partition coefficient (Wildman–Crippen LogP) is 7.89. The number of carbonyl (C=O) groups excluding carboxylic acids is 3. The molecule has 0 aliphatic carbocycles. The quantitative estimate of drug-likeness (QED) is 0.0847. The summed E-state index contributed by atoms with van der Waals surface area (Å²) in [4.78, 5) is 45.3. The van der Waals surface area contributed by atoms with Crippen molar-refractivity contribution >= 4 is 57.7 Å². The van der Waals surface area contributed by atoms with Gasteiger partial charge in [0.1, 0.15) is 11.5 Å². The Kier molecular flexibility index (Phi) is 11.8. The molecule has 4 aromatic carbocycles. The van der Waals surface area contributed by atoms with E-state index in [0.717, 1.165) is 10.5 Å². The number of thioether (sulfide) groups is 1. The minimum absolute atomic E-state index is 0.0206. The number of nitrogens with zero attached hydrogens (tertiary/aromatic N) is 1. The van der Waals surface area contributed by atoms with Crippen LogP contribution >= 0.6 is 23.1 Å². The lowest BCUT2D eigenvalue weighted by Crippen LogP contribution is -2.30. The van der Waals surface area contributed by atoms with Crippen molar-refractivity contribution in [1.82, 2.24) is 10.3 Å². The van der Waals surface area contributed by atoms with Gasteiger partial charge in [-0.2, -0.15) is 0 Å². The van der Waals surface area contributed by atoms with Gasteiger partial charge in [-0.05, 0) is 73.2 Å². The Labute approximate surface area is 291 Å². The van der Waals surface area contributed by atoms with Crippen molar-refractivity contribution in [2.45, 2.75) is 23.5 Å². The summed E-state index contributed by atoms with van der Waals surface area (Å²) in [6.07, 6.45) is 2.05. The Morgan fingerprint density at radius 1 is 0.918 bits per heavy atom. The number of ether oxygens (including phenoxy) is 2. The fourth-order valence-corrected chi connectivity index (χ4v) is 6.46. The highest BCUT2D eigenvalue weighted by atomic mass is 32.2. The number of anilines is 2. The van der Waals surface area contributed by atoms with Crippen molar-refractivity contribution in [1.29, 1.82) is 0 Å². The summed E-state index contributed by atoms with van der Waals surface area (Å²) in [7, 11) is 3.01. The van der Waals surface area contributed by atoms with Crippen LogP contribution in [0.5, 0.6) is 11.5 Å². The highest BCUT2D eigenvalue weighted by molar-refractivity contribution is 8.00. The molecule has 0 spiro atoms. The minimum atomic E-state index is -0.568. The zero-order chi connectivity index (χ0) is 34.8. The van der Waals surface area contributed by atoms with E-state index < -0.39 is 17.1 Å². The molecular weight excluding hydrogens is 664 g/mol.